The number of nitrogens with zero attached hydrogens (tertiary/aromatic N) is 3. The van der Waals surface area contributed by atoms with E-state index in [0.717, 1.165) is 24.1 Å². The van der Waals surface area contributed by atoms with E-state index in [-0.39, 0.29) is 6.04 Å². The molecule has 3 N–H and O–H groups in total. The van der Waals surface area contributed by atoms with Gasteiger partial charge in [-0.25, -0.2) is 0 Å². The monoisotopic (exact) mass is 245 g/mol. The fourth-order valence-electron chi connectivity index (χ4n) is 1.89. The first-order valence-corrected chi connectivity index (χ1v) is 6.11. The highest BCUT2D eigenvalue weighted by atomic mass is 15.3. The molecule has 2 rings (SSSR count). The smallest absolute Gasteiger partial charge is 0.0546 e. The summed E-state index contributed by atoms with van der Waals surface area (Å²) in [6, 6.07) is 4.21. The Bertz CT molecular complexity index is 488. The summed E-state index contributed by atoms with van der Waals surface area (Å²) in [7, 11) is 1.89. The summed E-state index contributed by atoms with van der Waals surface area (Å²) in [5, 5.41) is 4.16. The van der Waals surface area contributed by atoms with Crippen LogP contribution in [0.5, 0.6) is 0 Å². The van der Waals surface area contributed by atoms with Crippen LogP contribution < -0.4 is 11.3 Å². The molecule has 0 saturated carbocycles. The van der Waals surface area contributed by atoms with Gasteiger partial charge in [-0.05, 0) is 18.1 Å². The minimum atomic E-state index is 0.0404. The lowest BCUT2D eigenvalue weighted by atomic mass is 10.1. The van der Waals surface area contributed by atoms with E-state index in [4.69, 9.17) is 5.84 Å². The number of aryl methyl sites for hydroxylation is 2. The number of rotatable bonds is 5. The number of nitrogens with one attached hydrogen (secondary N) is 1. The first-order chi connectivity index (χ1) is 8.72. The van der Waals surface area contributed by atoms with Gasteiger partial charge in [0.15, 0.2) is 0 Å². The molecule has 0 bridgehead atoms. The molecule has 1 atom stereocenters. The van der Waals surface area contributed by atoms with Crippen LogP contribution in [0.1, 0.15) is 29.8 Å². The number of hydrazine groups is 1. The molecule has 5 heteroatoms. The minimum absolute atomic E-state index is 0.0404. The molecule has 0 amide bonds. The molecule has 96 valence electrons. The average molecular weight is 245 g/mol. The Hall–Kier alpha value is -1.72. The molecule has 2 aromatic rings. The maximum absolute atomic E-state index is 5.60. The molecule has 0 aromatic carbocycles. The SMILES string of the molecule is CCc1ccc(CC(NN)c2cnn(C)c2)nc1. The van der Waals surface area contributed by atoms with Crippen molar-refractivity contribution in [3.8, 4) is 0 Å². The Morgan fingerprint density at radius 1 is 1.39 bits per heavy atom. The predicted molar refractivity (Wildman–Crippen MR) is 70.6 cm³/mol. The summed E-state index contributed by atoms with van der Waals surface area (Å²) >= 11 is 0. The first-order valence-electron chi connectivity index (χ1n) is 6.11. The van der Waals surface area contributed by atoms with Gasteiger partial charge < -0.3 is 0 Å². The topological polar surface area (TPSA) is 68.8 Å². The largest absolute Gasteiger partial charge is 0.275 e. The lowest BCUT2D eigenvalue weighted by Gasteiger charge is -2.13. The second-order valence-electron chi connectivity index (χ2n) is 4.38. The van der Waals surface area contributed by atoms with Gasteiger partial charge in [-0.1, -0.05) is 13.0 Å². The van der Waals surface area contributed by atoms with E-state index in [9.17, 15) is 0 Å². The Labute approximate surface area is 107 Å². The summed E-state index contributed by atoms with van der Waals surface area (Å²) in [5.74, 6) is 5.60. The molecule has 0 saturated heterocycles. The zero-order chi connectivity index (χ0) is 13.0. The van der Waals surface area contributed by atoms with Crippen molar-refractivity contribution in [2.45, 2.75) is 25.8 Å². The van der Waals surface area contributed by atoms with Crippen molar-refractivity contribution in [2.75, 3.05) is 0 Å². The third kappa shape index (κ3) is 2.94. The van der Waals surface area contributed by atoms with E-state index in [0.29, 0.717) is 0 Å². The van der Waals surface area contributed by atoms with Crippen LogP contribution in [-0.4, -0.2) is 14.8 Å². The van der Waals surface area contributed by atoms with Crippen molar-refractivity contribution >= 4 is 0 Å². The van der Waals surface area contributed by atoms with Crippen LogP contribution in [0.4, 0.5) is 0 Å². The number of hydrogen-bond acceptors (Lipinski definition) is 4. The van der Waals surface area contributed by atoms with Gasteiger partial charge in [0.1, 0.15) is 0 Å². The van der Waals surface area contributed by atoms with Crippen molar-refractivity contribution in [3.63, 3.8) is 0 Å². The van der Waals surface area contributed by atoms with Crippen LogP contribution in [0.3, 0.4) is 0 Å². The molecular weight excluding hydrogens is 226 g/mol. The van der Waals surface area contributed by atoms with E-state index in [2.05, 4.69) is 34.6 Å². The van der Waals surface area contributed by atoms with E-state index in [1.165, 1.54) is 5.56 Å². The molecule has 0 aliphatic rings. The number of pyridine rings is 1. The van der Waals surface area contributed by atoms with Crippen LogP contribution in [0, 0.1) is 0 Å². The zero-order valence-corrected chi connectivity index (χ0v) is 10.8. The van der Waals surface area contributed by atoms with E-state index < -0.39 is 0 Å². The summed E-state index contributed by atoms with van der Waals surface area (Å²) < 4.78 is 1.77. The van der Waals surface area contributed by atoms with E-state index in [1.807, 2.05) is 25.6 Å². The molecule has 1 unspecified atom stereocenters. The van der Waals surface area contributed by atoms with Crippen LogP contribution in [0.15, 0.2) is 30.7 Å². The third-order valence-electron chi connectivity index (χ3n) is 3.04. The second-order valence-corrected chi connectivity index (χ2v) is 4.38. The molecule has 0 radical (unpaired) electrons. The fourth-order valence-corrected chi connectivity index (χ4v) is 1.89. The van der Waals surface area contributed by atoms with Gasteiger partial charge in [0.2, 0.25) is 0 Å². The standard InChI is InChI=1S/C13H19N5/c1-3-10-4-5-12(15-7-10)6-13(17-14)11-8-16-18(2)9-11/h4-5,7-9,13,17H,3,6,14H2,1-2H3. The summed E-state index contributed by atoms with van der Waals surface area (Å²) in [4.78, 5) is 4.45. The normalized spacial score (nSPS) is 12.6. The maximum atomic E-state index is 5.60. The second kappa shape index (κ2) is 5.75. The Balaban J connectivity index is 2.10. The first kappa shape index (κ1) is 12.7. The molecule has 2 aromatic heterocycles. The van der Waals surface area contributed by atoms with Crippen molar-refractivity contribution < 1.29 is 0 Å². The highest BCUT2D eigenvalue weighted by molar-refractivity contribution is 5.18. The molecular formula is C13H19N5. The zero-order valence-electron chi connectivity index (χ0n) is 10.8. The van der Waals surface area contributed by atoms with Crippen LogP contribution >= 0.6 is 0 Å². The van der Waals surface area contributed by atoms with Gasteiger partial charge in [-0.2, -0.15) is 5.10 Å². The highest BCUT2D eigenvalue weighted by Crippen LogP contribution is 2.16. The Kier molecular flexibility index (Phi) is 4.07. The molecule has 0 spiro atoms. The molecule has 0 aliphatic carbocycles. The van der Waals surface area contributed by atoms with Crippen LogP contribution in [0.25, 0.3) is 0 Å². The van der Waals surface area contributed by atoms with Crippen molar-refractivity contribution in [1.29, 1.82) is 0 Å². The number of hydrogen-bond donors (Lipinski definition) is 2. The molecule has 18 heavy (non-hydrogen) atoms. The Morgan fingerprint density at radius 3 is 2.72 bits per heavy atom. The van der Waals surface area contributed by atoms with Crippen molar-refractivity contribution in [3.05, 3.63) is 47.5 Å². The average Bonchev–Trinajstić information content (AvgIpc) is 2.83. The summed E-state index contributed by atoms with van der Waals surface area (Å²) in [6.07, 6.45) is 7.47. The molecule has 0 fully saturated rings. The summed E-state index contributed by atoms with van der Waals surface area (Å²) in [6.45, 7) is 2.12. The van der Waals surface area contributed by atoms with Gasteiger partial charge in [0.25, 0.3) is 0 Å². The maximum Gasteiger partial charge on any atom is 0.0546 e. The predicted octanol–water partition coefficient (Wildman–Crippen LogP) is 1.12. The van der Waals surface area contributed by atoms with E-state index >= 15 is 0 Å². The van der Waals surface area contributed by atoms with Crippen molar-refractivity contribution in [2.24, 2.45) is 12.9 Å². The quantitative estimate of drug-likeness (QED) is 0.612. The minimum Gasteiger partial charge on any atom is -0.275 e. The van der Waals surface area contributed by atoms with Crippen molar-refractivity contribution in [1.82, 2.24) is 20.2 Å². The highest BCUT2D eigenvalue weighted by Gasteiger charge is 2.12. The van der Waals surface area contributed by atoms with Crippen LogP contribution in [-0.2, 0) is 19.9 Å². The lowest BCUT2D eigenvalue weighted by Crippen LogP contribution is -2.29. The van der Waals surface area contributed by atoms with Gasteiger partial charge in [-0.3, -0.25) is 20.9 Å². The summed E-state index contributed by atoms with van der Waals surface area (Å²) in [5.41, 5.74) is 6.16. The molecule has 2 heterocycles. The lowest BCUT2D eigenvalue weighted by molar-refractivity contribution is 0.545. The number of nitrogens with two attached hydrogens (primary N) is 1. The number of aromatic nitrogens is 3. The van der Waals surface area contributed by atoms with Crippen LogP contribution in [0.2, 0.25) is 0 Å². The van der Waals surface area contributed by atoms with Gasteiger partial charge >= 0.3 is 0 Å². The molecule has 5 nitrogen and oxygen atoms in total. The fraction of sp³-hybridized carbons (Fsp3) is 0.385. The Morgan fingerprint density at radius 2 is 2.22 bits per heavy atom. The van der Waals surface area contributed by atoms with Gasteiger partial charge in [-0.15, -0.1) is 0 Å². The van der Waals surface area contributed by atoms with Gasteiger partial charge in [0.05, 0.1) is 12.2 Å². The molecule has 0 aliphatic heterocycles. The third-order valence-corrected chi connectivity index (χ3v) is 3.04. The van der Waals surface area contributed by atoms with Gasteiger partial charge in [0, 0.05) is 37.1 Å². The van der Waals surface area contributed by atoms with E-state index in [1.54, 1.807) is 4.68 Å².